The van der Waals surface area contributed by atoms with E-state index in [0.717, 1.165) is 12.1 Å². The van der Waals surface area contributed by atoms with E-state index < -0.39 is 15.7 Å². The zero-order valence-corrected chi connectivity index (χ0v) is 10.5. The van der Waals surface area contributed by atoms with Crippen LogP contribution in [0.4, 0.5) is 4.39 Å². The van der Waals surface area contributed by atoms with Crippen LogP contribution in [0.1, 0.15) is 11.1 Å². The Morgan fingerprint density at radius 2 is 2.11 bits per heavy atom. The van der Waals surface area contributed by atoms with Gasteiger partial charge in [0.1, 0.15) is 5.82 Å². The van der Waals surface area contributed by atoms with E-state index >= 15 is 0 Å². The third-order valence-electron chi connectivity index (χ3n) is 2.83. The fraction of sp³-hybridized carbons (Fsp3) is 0.417. The number of halogens is 1. The van der Waals surface area contributed by atoms with Crippen LogP contribution in [-0.2, 0) is 15.6 Å². The van der Waals surface area contributed by atoms with Gasteiger partial charge in [-0.25, -0.2) is 12.8 Å². The average Bonchev–Trinajstić information content (AvgIpc) is 2.22. The van der Waals surface area contributed by atoms with Gasteiger partial charge in [-0.3, -0.25) is 0 Å². The topological polar surface area (TPSA) is 70.0 Å². The van der Waals surface area contributed by atoms with Crippen LogP contribution >= 0.6 is 0 Å². The molecular weight excluding hydrogens is 255 g/mol. The standard InChI is InChI=1S/C12H13FN2O2S/c13-12-2-9(4-14)1-10(3-12)7-18(16,17)8-11-5-15-6-11/h1-3,11,15H,5-8H2. The van der Waals surface area contributed by atoms with E-state index in [-0.39, 0.29) is 23.0 Å². The molecule has 0 aliphatic carbocycles. The Morgan fingerprint density at radius 1 is 1.39 bits per heavy atom. The molecule has 1 N–H and O–H groups in total. The molecule has 1 aliphatic rings. The Labute approximate surface area is 105 Å². The largest absolute Gasteiger partial charge is 0.316 e. The molecule has 0 aromatic heterocycles. The molecule has 6 heteroatoms. The fourth-order valence-corrected chi connectivity index (χ4v) is 3.68. The lowest BCUT2D eigenvalue weighted by Gasteiger charge is -2.26. The van der Waals surface area contributed by atoms with Crippen molar-refractivity contribution in [3.8, 4) is 6.07 Å². The summed E-state index contributed by atoms with van der Waals surface area (Å²) < 4.78 is 36.9. The van der Waals surface area contributed by atoms with Gasteiger partial charge in [-0.1, -0.05) is 0 Å². The van der Waals surface area contributed by atoms with E-state index in [1.54, 1.807) is 0 Å². The highest BCUT2D eigenvalue weighted by Crippen LogP contribution is 2.15. The highest BCUT2D eigenvalue weighted by molar-refractivity contribution is 7.90. The zero-order valence-electron chi connectivity index (χ0n) is 9.69. The van der Waals surface area contributed by atoms with Crippen molar-refractivity contribution in [1.82, 2.24) is 5.32 Å². The van der Waals surface area contributed by atoms with Gasteiger partial charge in [0.05, 0.1) is 23.1 Å². The van der Waals surface area contributed by atoms with Crippen LogP contribution in [0.3, 0.4) is 0 Å². The summed E-state index contributed by atoms with van der Waals surface area (Å²) in [6, 6.07) is 5.48. The molecule has 1 aliphatic heterocycles. The van der Waals surface area contributed by atoms with Crippen molar-refractivity contribution in [2.75, 3.05) is 18.8 Å². The van der Waals surface area contributed by atoms with Crippen molar-refractivity contribution >= 4 is 9.84 Å². The number of rotatable bonds is 4. The van der Waals surface area contributed by atoms with Crippen molar-refractivity contribution < 1.29 is 12.8 Å². The summed E-state index contributed by atoms with van der Waals surface area (Å²) >= 11 is 0. The summed E-state index contributed by atoms with van der Waals surface area (Å²) in [5, 5.41) is 11.7. The number of benzene rings is 1. The lowest BCUT2D eigenvalue weighted by Crippen LogP contribution is -2.45. The second kappa shape index (κ2) is 5.04. The predicted molar refractivity (Wildman–Crippen MR) is 65.0 cm³/mol. The van der Waals surface area contributed by atoms with Crippen molar-refractivity contribution in [3.63, 3.8) is 0 Å². The van der Waals surface area contributed by atoms with Gasteiger partial charge in [0, 0.05) is 13.1 Å². The quantitative estimate of drug-likeness (QED) is 0.878. The molecule has 2 rings (SSSR count). The molecule has 1 saturated heterocycles. The van der Waals surface area contributed by atoms with Crippen molar-refractivity contribution in [2.24, 2.45) is 5.92 Å². The number of hydrogen-bond acceptors (Lipinski definition) is 4. The van der Waals surface area contributed by atoms with E-state index in [1.807, 2.05) is 6.07 Å². The molecule has 18 heavy (non-hydrogen) atoms. The summed E-state index contributed by atoms with van der Waals surface area (Å²) in [4.78, 5) is 0. The molecule has 4 nitrogen and oxygen atoms in total. The Morgan fingerprint density at radius 3 is 2.67 bits per heavy atom. The van der Waals surface area contributed by atoms with Crippen molar-refractivity contribution in [2.45, 2.75) is 5.75 Å². The van der Waals surface area contributed by atoms with Crippen LogP contribution in [0.25, 0.3) is 0 Å². The fourth-order valence-electron chi connectivity index (χ4n) is 1.94. The molecule has 1 aromatic carbocycles. The van der Waals surface area contributed by atoms with Crippen LogP contribution in [-0.4, -0.2) is 27.3 Å². The first-order valence-corrected chi connectivity index (χ1v) is 7.41. The molecule has 0 unspecified atom stereocenters. The molecule has 0 bridgehead atoms. The van der Waals surface area contributed by atoms with E-state index in [2.05, 4.69) is 5.32 Å². The molecular formula is C12H13FN2O2S. The number of nitrogens with zero attached hydrogens (tertiary/aromatic N) is 1. The van der Waals surface area contributed by atoms with E-state index in [1.165, 1.54) is 6.07 Å². The lowest BCUT2D eigenvalue weighted by molar-refractivity contribution is 0.378. The average molecular weight is 268 g/mol. The molecule has 1 aromatic rings. The second-order valence-corrected chi connectivity index (χ2v) is 6.65. The van der Waals surface area contributed by atoms with Crippen LogP contribution in [0, 0.1) is 23.1 Å². The van der Waals surface area contributed by atoms with Gasteiger partial charge in [-0.05, 0) is 29.7 Å². The van der Waals surface area contributed by atoms with Crippen LogP contribution in [0.5, 0.6) is 0 Å². The van der Waals surface area contributed by atoms with Crippen LogP contribution in [0.15, 0.2) is 18.2 Å². The molecule has 0 amide bonds. The van der Waals surface area contributed by atoms with Gasteiger partial charge in [-0.2, -0.15) is 5.26 Å². The molecule has 1 heterocycles. The van der Waals surface area contributed by atoms with Crippen molar-refractivity contribution in [1.29, 1.82) is 5.26 Å². The van der Waals surface area contributed by atoms with Crippen molar-refractivity contribution in [3.05, 3.63) is 35.1 Å². The third-order valence-corrected chi connectivity index (χ3v) is 4.58. The Bertz CT molecular complexity index is 589. The normalized spacial score (nSPS) is 16.0. The molecule has 1 fully saturated rings. The summed E-state index contributed by atoms with van der Waals surface area (Å²) in [6.45, 7) is 1.43. The SMILES string of the molecule is N#Cc1cc(F)cc(CS(=O)(=O)CC2CNC2)c1. The van der Waals surface area contributed by atoms with Crippen LogP contribution in [0.2, 0.25) is 0 Å². The van der Waals surface area contributed by atoms with Gasteiger partial charge < -0.3 is 5.32 Å². The monoisotopic (exact) mass is 268 g/mol. The minimum absolute atomic E-state index is 0.110. The maximum absolute atomic E-state index is 13.2. The number of nitrogens with one attached hydrogen (secondary N) is 1. The summed E-state index contributed by atoms with van der Waals surface area (Å²) in [6.07, 6.45) is 0. The highest BCUT2D eigenvalue weighted by atomic mass is 32.2. The Balaban J connectivity index is 2.12. The zero-order chi connectivity index (χ0) is 13.2. The summed E-state index contributed by atoms with van der Waals surface area (Å²) in [7, 11) is -3.25. The molecule has 0 atom stereocenters. The second-order valence-electron chi connectivity index (χ2n) is 4.54. The predicted octanol–water partition coefficient (Wildman–Crippen LogP) is 0.832. The molecule has 0 saturated carbocycles. The third kappa shape index (κ3) is 3.28. The Kier molecular flexibility index (Phi) is 3.64. The van der Waals surface area contributed by atoms with Crippen LogP contribution < -0.4 is 5.32 Å². The van der Waals surface area contributed by atoms with Gasteiger partial charge in [0.25, 0.3) is 0 Å². The molecule has 96 valence electrons. The van der Waals surface area contributed by atoms with Gasteiger partial charge in [-0.15, -0.1) is 0 Å². The highest BCUT2D eigenvalue weighted by Gasteiger charge is 2.24. The first-order chi connectivity index (χ1) is 8.48. The number of hydrogen-bond donors (Lipinski definition) is 1. The minimum Gasteiger partial charge on any atom is -0.316 e. The molecule has 0 radical (unpaired) electrons. The maximum Gasteiger partial charge on any atom is 0.154 e. The maximum atomic E-state index is 13.2. The smallest absolute Gasteiger partial charge is 0.154 e. The van der Waals surface area contributed by atoms with Gasteiger partial charge >= 0.3 is 0 Å². The van der Waals surface area contributed by atoms with Gasteiger partial charge in [0.15, 0.2) is 9.84 Å². The number of nitriles is 1. The van der Waals surface area contributed by atoms with E-state index in [9.17, 15) is 12.8 Å². The van der Waals surface area contributed by atoms with Gasteiger partial charge in [0.2, 0.25) is 0 Å². The Hall–Kier alpha value is -1.45. The van der Waals surface area contributed by atoms with E-state index in [4.69, 9.17) is 5.26 Å². The van der Waals surface area contributed by atoms with E-state index in [0.29, 0.717) is 18.7 Å². The minimum atomic E-state index is -3.25. The summed E-state index contributed by atoms with van der Waals surface area (Å²) in [5.74, 6) is -0.530. The molecule has 0 spiro atoms. The lowest BCUT2D eigenvalue weighted by atomic mass is 10.1. The first-order valence-electron chi connectivity index (χ1n) is 5.59. The summed E-state index contributed by atoms with van der Waals surface area (Å²) in [5.41, 5.74) is 0.476. The number of sulfone groups is 1. The first kappa shape index (κ1) is 13.0.